The van der Waals surface area contributed by atoms with Crippen molar-refractivity contribution >= 4 is 34.4 Å². The molecular weight excluding hydrogens is 352 g/mol. The Morgan fingerprint density at radius 2 is 1.85 bits per heavy atom. The lowest BCUT2D eigenvalue weighted by Crippen LogP contribution is -2.40. The van der Waals surface area contributed by atoms with Crippen molar-refractivity contribution in [1.29, 1.82) is 0 Å². The zero-order valence-corrected chi connectivity index (χ0v) is 14.6. The van der Waals surface area contributed by atoms with E-state index >= 15 is 0 Å². The number of ketones is 1. The molecule has 0 radical (unpaired) electrons. The minimum atomic E-state index is -0.458. The van der Waals surface area contributed by atoms with Crippen LogP contribution in [-0.2, 0) is 9.59 Å². The summed E-state index contributed by atoms with van der Waals surface area (Å²) in [6.07, 6.45) is 1.23. The minimum Gasteiger partial charge on any atom is -0.299 e. The fraction of sp³-hybridized carbons (Fsp3) is 0.316. The van der Waals surface area contributed by atoms with Crippen molar-refractivity contribution in [3.05, 3.63) is 62.3 Å². The molecule has 26 heavy (non-hydrogen) atoms. The number of thiophene rings is 1. The first-order valence-corrected chi connectivity index (χ1v) is 9.31. The van der Waals surface area contributed by atoms with Crippen LogP contribution in [0.3, 0.4) is 0 Å². The second kappa shape index (κ2) is 6.57. The summed E-state index contributed by atoms with van der Waals surface area (Å²) in [6.45, 7) is 0. The van der Waals surface area contributed by atoms with Gasteiger partial charge in [-0.3, -0.25) is 19.7 Å². The molecule has 3 unspecified atom stereocenters. The molecule has 2 heterocycles. The largest absolute Gasteiger partial charge is 0.299 e. The smallest absolute Gasteiger partial charge is 0.269 e. The number of rotatable bonds is 3. The van der Waals surface area contributed by atoms with Gasteiger partial charge in [0.2, 0.25) is 5.91 Å². The number of nitro benzene ring substituents is 1. The molecule has 7 heteroatoms. The van der Waals surface area contributed by atoms with Crippen LogP contribution >= 0.6 is 11.3 Å². The van der Waals surface area contributed by atoms with Gasteiger partial charge in [0.05, 0.1) is 10.8 Å². The van der Waals surface area contributed by atoms with Crippen molar-refractivity contribution in [3.63, 3.8) is 0 Å². The fourth-order valence-electron chi connectivity index (χ4n) is 3.97. The predicted molar refractivity (Wildman–Crippen MR) is 97.7 cm³/mol. The van der Waals surface area contributed by atoms with E-state index in [0.29, 0.717) is 18.6 Å². The summed E-state index contributed by atoms with van der Waals surface area (Å²) in [5.41, 5.74) is 1.45. The van der Waals surface area contributed by atoms with Crippen LogP contribution in [0.5, 0.6) is 0 Å². The van der Waals surface area contributed by atoms with Crippen molar-refractivity contribution in [2.24, 2.45) is 10.9 Å². The summed E-state index contributed by atoms with van der Waals surface area (Å²) in [4.78, 5) is 40.8. The Balaban J connectivity index is 1.65. The minimum absolute atomic E-state index is 0.00231. The number of amides is 1. The van der Waals surface area contributed by atoms with Gasteiger partial charge in [-0.25, -0.2) is 4.99 Å². The first kappa shape index (κ1) is 16.8. The van der Waals surface area contributed by atoms with Gasteiger partial charge in [-0.1, -0.05) is 18.2 Å². The molecule has 1 fully saturated rings. The van der Waals surface area contributed by atoms with Crippen molar-refractivity contribution in [2.45, 2.75) is 31.1 Å². The zero-order valence-electron chi connectivity index (χ0n) is 13.8. The van der Waals surface area contributed by atoms with Gasteiger partial charge in [-0.2, -0.15) is 0 Å². The molecule has 1 aromatic heterocycles. The Morgan fingerprint density at radius 1 is 1.08 bits per heavy atom. The topological polar surface area (TPSA) is 89.6 Å². The fourth-order valence-corrected chi connectivity index (χ4v) is 4.80. The highest BCUT2D eigenvalue weighted by atomic mass is 32.1. The Bertz CT molecular complexity index is 902. The highest BCUT2D eigenvalue weighted by Crippen LogP contribution is 2.43. The maximum absolute atomic E-state index is 12.9. The van der Waals surface area contributed by atoms with E-state index in [0.717, 1.165) is 10.4 Å². The van der Waals surface area contributed by atoms with Gasteiger partial charge in [0.25, 0.3) is 5.69 Å². The molecule has 6 nitrogen and oxygen atoms in total. The van der Waals surface area contributed by atoms with E-state index in [4.69, 9.17) is 0 Å². The second-order valence-corrected chi connectivity index (χ2v) is 7.70. The first-order valence-electron chi connectivity index (χ1n) is 8.43. The van der Waals surface area contributed by atoms with Crippen LogP contribution in [-0.4, -0.2) is 22.3 Å². The number of benzene rings is 1. The molecule has 132 valence electrons. The third-order valence-corrected chi connectivity index (χ3v) is 6.19. The molecule has 0 bridgehead atoms. The lowest BCUT2D eigenvalue weighted by molar-refractivity contribution is -0.384. The number of hydrogen-bond donors (Lipinski definition) is 0. The Morgan fingerprint density at radius 3 is 2.50 bits per heavy atom. The molecule has 0 saturated heterocycles. The quantitative estimate of drug-likeness (QED) is 0.607. The van der Waals surface area contributed by atoms with E-state index in [9.17, 15) is 19.7 Å². The van der Waals surface area contributed by atoms with Crippen LogP contribution in [0.2, 0.25) is 0 Å². The molecule has 1 aliphatic heterocycles. The summed E-state index contributed by atoms with van der Waals surface area (Å²) < 4.78 is 0. The van der Waals surface area contributed by atoms with Gasteiger partial charge in [-0.15, -0.1) is 11.3 Å². The maximum atomic E-state index is 12.9. The van der Waals surface area contributed by atoms with Crippen molar-refractivity contribution < 1.29 is 14.5 Å². The molecule has 1 amide bonds. The number of nitro groups is 1. The summed E-state index contributed by atoms with van der Waals surface area (Å²) in [5, 5.41) is 12.8. The molecule has 4 rings (SSSR count). The lowest BCUT2D eigenvalue weighted by atomic mass is 9.68. The summed E-state index contributed by atoms with van der Waals surface area (Å²) in [6, 6.07) is 10.1. The van der Waals surface area contributed by atoms with Crippen LogP contribution in [0.4, 0.5) is 5.69 Å². The van der Waals surface area contributed by atoms with E-state index < -0.39 is 10.8 Å². The molecule has 1 saturated carbocycles. The van der Waals surface area contributed by atoms with Gasteiger partial charge in [0, 0.05) is 47.4 Å². The van der Waals surface area contributed by atoms with Crippen molar-refractivity contribution in [2.75, 3.05) is 0 Å². The molecule has 0 N–H and O–H groups in total. The molecule has 3 atom stereocenters. The molecule has 1 aliphatic carbocycles. The SMILES string of the molecule is O=C1CC(c2ccc([N+](=O)[O-])cc2)C2C(=O)CC(c3cccs3)CC2=N1. The molecule has 2 aliphatic rings. The predicted octanol–water partition coefficient (Wildman–Crippen LogP) is 3.87. The third-order valence-electron chi connectivity index (χ3n) is 5.15. The molecular formula is C19H16N2O4S. The van der Waals surface area contributed by atoms with Crippen LogP contribution < -0.4 is 0 Å². The number of non-ortho nitro benzene ring substituents is 1. The average molecular weight is 368 g/mol. The molecule has 2 aromatic rings. The van der Waals surface area contributed by atoms with Crippen LogP contribution in [0.25, 0.3) is 0 Å². The Labute approximate surface area is 153 Å². The zero-order chi connectivity index (χ0) is 18.3. The second-order valence-electron chi connectivity index (χ2n) is 6.72. The van der Waals surface area contributed by atoms with Crippen LogP contribution in [0, 0.1) is 16.0 Å². The van der Waals surface area contributed by atoms with Gasteiger partial charge in [0.15, 0.2) is 0 Å². The summed E-state index contributed by atoms with van der Waals surface area (Å²) >= 11 is 1.62. The van der Waals surface area contributed by atoms with Crippen molar-refractivity contribution in [3.8, 4) is 0 Å². The third kappa shape index (κ3) is 2.99. The number of carbonyl (C=O) groups is 2. The van der Waals surface area contributed by atoms with Gasteiger partial charge in [0.1, 0.15) is 5.78 Å². The standard InChI is InChI=1S/C19H16N2O4S/c22-16-9-12(17-2-1-7-26-17)8-15-19(16)14(10-18(23)20-15)11-3-5-13(6-4-11)21(24)25/h1-7,12,14,19H,8-10H2. The number of nitrogens with zero attached hydrogens (tertiary/aromatic N) is 2. The van der Waals surface area contributed by atoms with Crippen molar-refractivity contribution in [1.82, 2.24) is 0 Å². The highest BCUT2D eigenvalue weighted by Gasteiger charge is 2.43. The van der Waals surface area contributed by atoms with Crippen LogP contribution in [0.1, 0.15) is 41.5 Å². The van der Waals surface area contributed by atoms with Gasteiger partial charge < -0.3 is 0 Å². The summed E-state index contributed by atoms with van der Waals surface area (Å²) in [5.74, 6) is -0.720. The Kier molecular flexibility index (Phi) is 4.24. The first-order chi connectivity index (χ1) is 12.5. The van der Waals surface area contributed by atoms with Gasteiger partial charge >= 0.3 is 0 Å². The number of fused-ring (bicyclic) bond motifs is 1. The van der Waals surface area contributed by atoms with E-state index in [2.05, 4.69) is 4.99 Å². The van der Waals surface area contributed by atoms with E-state index in [1.165, 1.54) is 12.1 Å². The van der Waals surface area contributed by atoms with E-state index in [-0.39, 0.29) is 35.6 Å². The summed E-state index contributed by atoms with van der Waals surface area (Å²) in [7, 11) is 0. The number of Topliss-reactive ketones (excluding diaryl/α,β-unsaturated/α-hetero) is 1. The van der Waals surface area contributed by atoms with E-state index in [1.807, 2.05) is 17.5 Å². The van der Waals surface area contributed by atoms with Gasteiger partial charge in [-0.05, 0) is 23.4 Å². The number of carbonyl (C=O) groups excluding carboxylic acids is 2. The normalized spacial score (nSPS) is 25.5. The monoisotopic (exact) mass is 368 g/mol. The van der Waals surface area contributed by atoms with E-state index in [1.54, 1.807) is 23.5 Å². The number of hydrogen-bond acceptors (Lipinski definition) is 5. The lowest BCUT2D eigenvalue weighted by Gasteiger charge is -2.36. The highest BCUT2D eigenvalue weighted by molar-refractivity contribution is 7.10. The average Bonchev–Trinajstić information content (AvgIpc) is 3.15. The molecule has 1 aromatic carbocycles. The maximum Gasteiger partial charge on any atom is 0.269 e. The molecule has 0 spiro atoms. The number of aliphatic imine (C=N–C) groups is 1. The Hall–Kier alpha value is -2.67. The van der Waals surface area contributed by atoms with Crippen LogP contribution in [0.15, 0.2) is 46.8 Å².